The zero-order chi connectivity index (χ0) is 27.2. The Hall–Kier alpha value is -3.79. The molecule has 0 saturated heterocycles. The van der Waals surface area contributed by atoms with Crippen molar-refractivity contribution in [3.63, 3.8) is 0 Å². The van der Waals surface area contributed by atoms with Crippen molar-refractivity contribution in [2.75, 3.05) is 0 Å². The van der Waals surface area contributed by atoms with Crippen molar-refractivity contribution >= 4 is 17.9 Å². The van der Waals surface area contributed by atoms with E-state index in [0.29, 0.717) is 11.1 Å². The van der Waals surface area contributed by atoms with Gasteiger partial charge in [0.1, 0.15) is 17.7 Å². The number of nitrogens with zero attached hydrogens (tertiary/aromatic N) is 1. The Bertz CT molecular complexity index is 1140. The second kappa shape index (κ2) is 12.0. The molecule has 0 bridgehead atoms. The van der Waals surface area contributed by atoms with Crippen LogP contribution in [0, 0.1) is 12.3 Å². The molecule has 196 valence electrons. The minimum absolute atomic E-state index is 0.135. The summed E-state index contributed by atoms with van der Waals surface area (Å²) in [5.74, 6) is 1.99. The lowest BCUT2D eigenvalue weighted by Crippen LogP contribution is -2.55. The van der Waals surface area contributed by atoms with Gasteiger partial charge in [0.05, 0.1) is 0 Å². The number of hydrogen-bond donors (Lipinski definition) is 2. The number of alkyl carbamates (subject to hydrolysis) is 1. The van der Waals surface area contributed by atoms with E-state index in [1.165, 1.54) is 0 Å². The molecule has 0 aromatic heterocycles. The maximum Gasteiger partial charge on any atom is 0.408 e. The van der Waals surface area contributed by atoms with Gasteiger partial charge in [0.25, 0.3) is 0 Å². The Kier molecular flexibility index (Phi) is 8.99. The van der Waals surface area contributed by atoms with Crippen LogP contribution in [0.15, 0.2) is 54.6 Å². The maximum atomic E-state index is 14.3. The molecule has 2 N–H and O–H groups in total. The molecular weight excluding hydrogens is 466 g/mol. The quantitative estimate of drug-likeness (QED) is 0.498. The SMILES string of the molecule is C#Cc1ccccc1C(C(=O)NC(C)C)N(C(=O)C(Cc1ccccc1)NC(=O)OC(C)(C)C)C1CC1. The molecule has 1 fully saturated rings. The van der Waals surface area contributed by atoms with Crippen LogP contribution in [0.3, 0.4) is 0 Å². The smallest absolute Gasteiger partial charge is 0.408 e. The third-order valence-corrected chi connectivity index (χ3v) is 5.83. The largest absolute Gasteiger partial charge is 0.444 e. The number of hydrogen-bond acceptors (Lipinski definition) is 4. The third-order valence-electron chi connectivity index (χ3n) is 5.83. The molecule has 2 unspecified atom stereocenters. The van der Waals surface area contributed by atoms with Crippen LogP contribution in [0.1, 0.15) is 70.2 Å². The number of terminal acetylenes is 1. The summed E-state index contributed by atoms with van der Waals surface area (Å²) in [6, 6.07) is 14.5. The molecule has 37 heavy (non-hydrogen) atoms. The Morgan fingerprint density at radius 3 is 2.22 bits per heavy atom. The van der Waals surface area contributed by atoms with Gasteiger partial charge in [0.15, 0.2) is 0 Å². The van der Waals surface area contributed by atoms with E-state index in [4.69, 9.17) is 11.2 Å². The molecule has 0 aliphatic heterocycles. The van der Waals surface area contributed by atoms with Crippen molar-refractivity contribution in [1.82, 2.24) is 15.5 Å². The fourth-order valence-electron chi connectivity index (χ4n) is 4.20. The van der Waals surface area contributed by atoms with E-state index in [1.54, 1.807) is 37.8 Å². The van der Waals surface area contributed by atoms with E-state index in [-0.39, 0.29) is 30.3 Å². The van der Waals surface area contributed by atoms with Crippen molar-refractivity contribution in [2.45, 2.75) is 83.6 Å². The monoisotopic (exact) mass is 503 g/mol. The second-order valence-corrected chi connectivity index (χ2v) is 10.7. The molecule has 2 atom stereocenters. The maximum absolute atomic E-state index is 14.3. The van der Waals surface area contributed by atoms with Gasteiger partial charge in [-0.2, -0.15) is 0 Å². The number of carbonyl (C=O) groups is 3. The van der Waals surface area contributed by atoms with Gasteiger partial charge in [-0.3, -0.25) is 9.59 Å². The van der Waals surface area contributed by atoms with E-state index < -0.39 is 23.8 Å². The molecule has 1 aliphatic carbocycles. The highest BCUT2D eigenvalue weighted by atomic mass is 16.6. The summed E-state index contributed by atoms with van der Waals surface area (Å²) >= 11 is 0. The van der Waals surface area contributed by atoms with Crippen molar-refractivity contribution in [3.05, 3.63) is 71.3 Å². The predicted molar refractivity (Wildman–Crippen MR) is 144 cm³/mol. The Balaban J connectivity index is 2.04. The van der Waals surface area contributed by atoms with Crippen LogP contribution >= 0.6 is 0 Å². The first-order valence-electron chi connectivity index (χ1n) is 12.7. The Morgan fingerprint density at radius 1 is 1.03 bits per heavy atom. The van der Waals surface area contributed by atoms with Crippen LogP contribution in [0.5, 0.6) is 0 Å². The third kappa shape index (κ3) is 7.85. The van der Waals surface area contributed by atoms with Crippen molar-refractivity contribution in [2.24, 2.45) is 0 Å². The van der Waals surface area contributed by atoms with Crippen LogP contribution in [0.4, 0.5) is 4.79 Å². The number of nitrogens with one attached hydrogen (secondary N) is 2. The molecule has 0 radical (unpaired) electrons. The first-order valence-corrected chi connectivity index (χ1v) is 12.7. The van der Waals surface area contributed by atoms with Crippen LogP contribution in [0.2, 0.25) is 0 Å². The van der Waals surface area contributed by atoms with E-state index in [2.05, 4.69) is 16.6 Å². The molecule has 1 saturated carbocycles. The summed E-state index contributed by atoms with van der Waals surface area (Å²) < 4.78 is 5.47. The van der Waals surface area contributed by atoms with Crippen molar-refractivity contribution in [1.29, 1.82) is 0 Å². The van der Waals surface area contributed by atoms with Gasteiger partial charge in [0, 0.05) is 24.1 Å². The Labute approximate surface area is 220 Å². The first-order chi connectivity index (χ1) is 17.5. The lowest BCUT2D eigenvalue weighted by molar-refractivity contribution is -0.143. The molecule has 2 aromatic carbocycles. The van der Waals surface area contributed by atoms with Gasteiger partial charge in [-0.1, -0.05) is 54.5 Å². The summed E-state index contributed by atoms with van der Waals surface area (Å²) in [4.78, 5) is 42.3. The lowest BCUT2D eigenvalue weighted by Gasteiger charge is -2.35. The molecular formula is C30H37N3O4. The molecule has 7 heteroatoms. The van der Waals surface area contributed by atoms with Crippen LogP contribution in [-0.4, -0.2) is 46.5 Å². The molecule has 0 spiro atoms. The zero-order valence-electron chi connectivity index (χ0n) is 22.3. The molecule has 7 nitrogen and oxygen atoms in total. The van der Waals surface area contributed by atoms with Gasteiger partial charge in [-0.15, -0.1) is 6.42 Å². The van der Waals surface area contributed by atoms with Crippen LogP contribution < -0.4 is 10.6 Å². The highest BCUT2D eigenvalue weighted by molar-refractivity contribution is 5.93. The van der Waals surface area contributed by atoms with Gasteiger partial charge >= 0.3 is 6.09 Å². The highest BCUT2D eigenvalue weighted by Crippen LogP contribution is 2.37. The summed E-state index contributed by atoms with van der Waals surface area (Å²) in [7, 11) is 0. The van der Waals surface area contributed by atoms with E-state index in [0.717, 1.165) is 18.4 Å². The number of ether oxygens (including phenoxy) is 1. The van der Waals surface area contributed by atoms with E-state index >= 15 is 0 Å². The average molecular weight is 504 g/mol. The second-order valence-electron chi connectivity index (χ2n) is 10.7. The molecule has 1 aliphatic rings. The van der Waals surface area contributed by atoms with Crippen molar-refractivity contribution < 1.29 is 19.1 Å². The van der Waals surface area contributed by atoms with E-state index in [1.807, 2.05) is 56.3 Å². The van der Waals surface area contributed by atoms with Crippen LogP contribution in [0.25, 0.3) is 0 Å². The van der Waals surface area contributed by atoms with Gasteiger partial charge in [-0.05, 0) is 64.7 Å². The minimum atomic E-state index is -0.940. The molecule has 0 heterocycles. The molecule has 3 rings (SSSR count). The number of amides is 3. The van der Waals surface area contributed by atoms with Gasteiger partial charge in [-0.25, -0.2) is 4.79 Å². The number of benzene rings is 2. The van der Waals surface area contributed by atoms with Gasteiger partial charge < -0.3 is 20.3 Å². The Morgan fingerprint density at radius 2 is 1.65 bits per heavy atom. The lowest BCUT2D eigenvalue weighted by atomic mass is 9.96. The average Bonchev–Trinajstić information content (AvgIpc) is 3.65. The zero-order valence-corrected chi connectivity index (χ0v) is 22.3. The summed E-state index contributed by atoms with van der Waals surface area (Å²) in [5.41, 5.74) is 1.27. The summed E-state index contributed by atoms with van der Waals surface area (Å²) in [6.45, 7) is 9.03. The highest BCUT2D eigenvalue weighted by Gasteiger charge is 2.44. The fraction of sp³-hybridized carbons (Fsp3) is 0.433. The van der Waals surface area contributed by atoms with Crippen molar-refractivity contribution in [3.8, 4) is 12.3 Å². The first kappa shape index (κ1) is 27.8. The predicted octanol–water partition coefficient (Wildman–Crippen LogP) is 4.36. The standard InChI is InChI=1S/C30H37N3O4/c1-7-22-15-11-12-16-24(22)26(27(34)31-20(2)3)33(23-17-18-23)28(35)25(19-21-13-9-8-10-14-21)32-29(36)37-30(4,5)6/h1,8-16,20,23,25-26H,17-19H2,2-6H3,(H,31,34)(H,32,36). The summed E-state index contributed by atoms with van der Waals surface area (Å²) in [5, 5.41) is 5.73. The topological polar surface area (TPSA) is 87.7 Å². The number of rotatable bonds is 9. The number of carbonyl (C=O) groups excluding carboxylic acids is 3. The van der Waals surface area contributed by atoms with Gasteiger partial charge in [0.2, 0.25) is 11.8 Å². The molecule has 3 amide bonds. The minimum Gasteiger partial charge on any atom is -0.444 e. The molecule has 2 aromatic rings. The fourth-order valence-corrected chi connectivity index (χ4v) is 4.20. The summed E-state index contributed by atoms with van der Waals surface area (Å²) in [6.07, 6.45) is 6.87. The van der Waals surface area contributed by atoms with Crippen LogP contribution in [-0.2, 0) is 20.7 Å². The normalized spacial score (nSPS) is 14.7. The van der Waals surface area contributed by atoms with E-state index in [9.17, 15) is 14.4 Å².